The van der Waals surface area contributed by atoms with Crippen molar-refractivity contribution in [2.45, 2.75) is 6.42 Å². The molecular formula is C10H10Cl3NO. The average molecular weight is 267 g/mol. The molecule has 82 valence electrons. The van der Waals surface area contributed by atoms with Crippen molar-refractivity contribution in [3.05, 3.63) is 33.8 Å². The number of halogens is 3. The SMILES string of the molecule is O=C(Cc1ccc(Cl)c(Cl)c1)NCCCl. The third-order valence-electron chi connectivity index (χ3n) is 1.77. The maximum Gasteiger partial charge on any atom is 0.224 e. The van der Waals surface area contributed by atoms with Crippen LogP contribution in [0.15, 0.2) is 18.2 Å². The molecule has 0 aliphatic carbocycles. The van der Waals surface area contributed by atoms with Gasteiger partial charge >= 0.3 is 0 Å². The molecular weight excluding hydrogens is 256 g/mol. The maximum atomic E-state index is 11.3. The molecule has 0 spiro atoms. The summed E-state index contributed by atoms with van der Waals surface area (Å²) in [6, 6.07) is 5.13. The highest BCUT2D eigenvalue weighted by Gasteiger charge is 2.04. The molecule has 0 aliphatic rings. The number of carbonyl (C=O) groups excluding carboxylic acids is 1. The number of rotatable bonds is 4. The summed E-state index contributed by atoms with van der Waals surface area (Å²) in [5, 5.41) is 3.61. The summed E-state index contributed by atoms with van der Waals surface area (Å²) in [6.45, 7) is 0.474. The van der Waals surface area contributed by atoms with E-state index in [0.29, 0.717) is 22.5 Å². The van der Waals surface area contributed by atoms with Gasteiger partial charge in [0.25, 0.3) is 0 Å². The van der Waals surface area contributed by atoms with E-state index < -0.39 is 0 Å². The molecule has 2 nitrogen and oxygen atoms in total. The summed E-state index contributed by atoms with van der Waals surface area (Å²) in [4.78, 5) is 11.3. The third kappa shape index (κ3) is 4.29. The lowest BCUT2D eigenvalue weighted by molar-refractivity contribution is -0.120. The van der Waals surface area contributed by atoms with Crippen LogP contribution < -0.4 is 5.32 Å². The van der Waals surface area contributed by atoms with Gasteiger partial charge in [-0.05, 0) is 17.7 Å². The predicted molar refractivity (Wildman–Crippen MR) is 63.9 cm³/mol. The fourth-order valence-electron chi connectivity index (χ4n) is 1.08. The molecule has 0 bridgehead atoms. The van der Waals surface area contributed by atoms with Crippen LogP contribution in [0.3, 0.4) is 0 Å². The molecule has 15 heavy (non-hydrogen) atoms. The Morgan fingerprint density at radius 3 is 2.60 bits per heavy atom. The summed E-state index contributed by atoms with van der Waals surface area (Å²) in [5.74, 6) is 0.335. The number of carbonyl (C=O) groups is 1. The molecule has 0 aliphatic heterocycles. The zero-order valence-electron chi connectivity index (χ0n) is 7.90. The van der Waals surface area contributed by atoms with Gasteiger partial charge in [0.15, 0.2) is 0 Å². The minimum atomic E-state index is -0.0750. The third-order valence-corrected chi connectivity index (χ3v) is 2.69. The van der Waals surface area contributed by atoms with Gasteiger partial charge in [0.1, 0.15) is 0 Å². The first-order valence-corrected chi connectivity index (χ1v) is 5.69. The van der Waals surface area contributed by atoms with Gasteiger partial charge in [-0.2, -0.15) is 0 Å². The van der Waals surface area contributed by atoms with Crippen molar-refractivity contribution in [1.29, 1.82) is 0 Å². The fourth-order valence-corrected chi connectivity index (χ4v) is 1.50. The Morgan fingerprint density at radius 1 is 1.27 bits per heavy atom. The van der Waals surface area contributed by atoms with Crippen molar-refractivity contribution in [1.82, 2.24) is 5.32 Å². The molecule has 1 N–H and O–H groups in total. The van der Waals surface area contributed by atoms with E-state index in [4.69, 9.17) is 34.8 Å². The molecule has 0 radical (unpaired) electrons. The van der Waals surface area contributed by atoms with Gasteiger partial charge in [0.05, 0.1) is 16.5 Å². The lowest BCUT2D eigenvalue weighted by atomic mass is 10.1. The first-order valence-electron chi connectivity index (χ1n) is 4.40. The van der Waals surface area contributed by atoms with Gasteiger partial charge in [-0.3, -0.25) is 4.79 Å². The smallest absolute Gasteiger partial charge is 0.224 e. The zero-order valence-corrected chi connectivity index (χ0v) is 10.2. The number of benzene rings is 1. The summed E-state index contributed by atoms with van der Waals surface area (Å²) < 4.78 is 0. The minimum Gasteiger partial charge on any atom is -0.355 e. The average Bonchev–Trinajstić information content (AvgIpc) is 2.20. The Hall–Kier alpha value is -0.440. The van der Waals surface area contributed by atoms with Gasteiger partial charge in [-0.15, -0.1) is 11.6 Å². The van der Waals surface area contributed by atoms with Crippen LogP contribution in [0.1, 0.15) is 5.56 Å². The Labute approximate surface area is 104 Å². The second kappa shape index (κ2) is 6.21. The lowest BCUT2D eigenvalue weighted by Gasteiger charge is -2.04. The van der Waals surface area contributed by atoms with Gasteiger partial charge in [-0.1, -0.05) is 29.3 Å². The largest absolute Gasteiger partial charge is 0.355 e. The molecule has 0 heterocycles. The molecule has 1 rings (SSSR count). The highest BCUT2D eigenvalue weighted by molar-refractivity contribution is 6.42. The Balaban J connectivity index is 2.57. The summed E-state index contributed by atoms with van der Waals surface area (Å²) in [6.07, 6.45) is 0.285. The van der Waals surface area contributed by atoms with Gasteiger partial charge in [0, 0.05) is 12.4 Å². The quantitative estimate of drug-likeness (QED) is 0.834. The molecule has 5 heteroatoms. The predicted octanol–water partition coefficient (Wildman–Crippen LogP) is 2.89. The Morgan fingerprint density at radius 2 is 2.00 bits per heavy atom. The highest BCUT2D eigenvalue weighted by Crippen LogP contribution is 2.22. The van der Waals surface area contributed by atoms with E-state index in [9.17, 15) is 4.79 Å². The maximum absolute atomic E-state index is 11.3. The van der Waals surface area contributed by atoms with Gasteiger partial charge < -0.3 is 5.32 Å². The first-order chi connectivity index (χ1) is 7.13. The summed E-state index contributed by atoms with van der Waals surface area (Å²) >= 11 is 17.0. The van der Waals surface area contributed by atoms with Crippen LogP contribution in [0.2, 0.25) is 10.0 Å². The number of alkyl halides is 1. The Bertz CT molecular complexity index is 355. The molecule has 1 aromatic carbocycles. The van der Waals surface area contributed by atoms with Crippen LogP contribution in [0, 0.1) is 0 Å². The molecule has 0 aromatic heterocycles. The molecule has 1 aromatic rings. The normalized spacial score (nSPS) is 10.1. The van der Waals surface area contributed by atoms with E-state index >= 15 is 0 Å². The van der Waals surface area contributed by atoms with Gasteiger partial charge in [-0.25, -0.2) is 0 Å². The topological polar surface area (TPSA) is 29.1 Å². The van der Waals surface area contributed by atoms with Crippen LogP contribution in [0.5, 0.6) is 0 Å². The summed E-state index contributed by atoms with van der Waals surface area (Å²) in [7, 11) is 0. The van der Waals surface area contributed by atoms with Crippen molar-refractivity contribution in [3.63, 3.8) is 0 Å². The molecule has 0 saturated heterocycles. The van der Waals surface area contributed by atoms with Crippen LogP contribution in [-0.4, -0.2) is 18.3 Å². The van der Waals surface area contributed by atoms with Crippen molar-refractivity contribution in [2.24, 2.45) is 0 Å². The van der Waals surface area contributed by atoms with E-state index in [2.05, 4.69) is 5.32 Å². The summed E-state index contributed by atoms with van der Waals surface area (Å²) in [5.41, 5.74) is 0.830. The molecule has 0 fully saturated rings. The molecule has 0 saturated carbocycles. The Kier molecular flexibility index (Phi) is 5.23. The van der Waals surface area contributed by atoms with Crippen LogP contribution in [-0.2, 0) is 11.2 Å². The van der Waals surface area contributed by atoms with Crippen LogP contribution in [0.4, 0.5) is 0 Å². The number of hydrogen-bond donors (Lipinski definition) is 1. The second-order valence-corrected chi connectivity index (χ2v) is 4.16. The monoisotopic (exact) mass is 265 g/mol. The highest BCUT2D eigenvalue weighted by atomic mass is 35.5. The fraction of sp³-hybridized carbons (Fsp3) is 0.300. The number of amides is 1. The van der Waals surface area contributed by atoms with E-state index in [1.54, 1.807) is 18.2 Å². The molecule has 0 unspecified atom stereocenters. The number of nitrogens with one attached hydrogen (secondary N) is 1. The van der Waals surface area contributed by atoms with E-state index in [1.807, 2.05) is 0 Å². The zero-order chi connectivity index (χ0) is 11.3. The van der Waals surface area contributed by atoms with Crippen LogP contribution >= 0.6 is 34.8 Å². The van der Waals surface area contributed by atoms with Crippen LogP contribution in [0.25, 0.3) is 0 Å². The minimum absolute atomic E-state index is 0.0750. The molecule has 0 atom stereocenters. The first kappa shape index (κ1) is 12.6. The lowest BCUT2D eigenvalue weighted by Crippen LogP contribution is -2.26. The standard InChI is InChI=1S/C10H10Cl3NO/c11-3-4-14-10(15)6-7-1-2-8(12)9(13)5-7/h1-2,5H,3-4,6H2,(H,14,15). The number of hydrogen-bond acceptors (Lipinski definition) is 1. The van der Waals surface area contributed by atoms with Crippen molar-refractivity contribution < 1.29 is 4.79 Å². The van der Waals surface area contributed by atoms with E-state index in [-0.39, 0.29) is 12.3 Å². The van der Waals surface area contributed by atoms with Crippen molar-refractivity contribution in [2.75, 3.05) is 12.4 Å². The van der Waals surface area contributed by atoms with Crippen molar-refractivity contribution >= 4 is 40.7 Å². The van der Waals surface area contributed by atoms with Gasteiger partial charge in [0.2, 0.25) is 5.91 Å². The van der Waals surface area contributed by atoms with E-state index in [0.717, 1.165) is 5.56 Å². The molecule has 1 amide bonds. The van der Waals surface area contributed by atoms with E-state index in [1.165, 1.54) is 0 Å². The second-order valence-electron chi connectivity index (χ2n) is 2.96. The van der Waals surface area contributed by atoms with Crippen molar-refractivity contribution in [3.8, 4) is 0 Å².